The number of hydrogen-bond donors (Lipinski definition) is 0. The molecule has 54 heavy (non-hydrogen) atoms. The molecule has 9 aromatic rings. The quantitative estimate of drug-likeness (QED) is 0.130. The Balaban J connectivity index is 1.23. The van der Waals surface area contributed by atoms with Crippen molar-refractivity contribution in [2.24, 2.45) is 0 Å². The van der Waals surface area contributed by atoms with Crippen LogP contribution in [0.15, 0.2) is 182 Å². The fourth-order valence-electron chi connectivity index (χ4n) is 9.88. The molecule has 11 rings (SSSR count). The summed E-state index contributed by atoms with van der Waals surface area (Å²) < 4.78 is 0. The molecule has 9 aromatic carbocycles. The third-order valence-electron chi connectivity index (χ3n) is 12.2. The summed E-state index contributed by atoms with van der Waals surface area (Å²) in [7, 11) is -1.51. The molecule has 0 saturated heterocycles. The highest BCUT2D eigenvalue weighted by atomic mass is 28.3. The first-order valence-corrected chi connectivity index (χ1v) is 22.6. The van der Waals surface area contributed by atoms with Crippen molar-refractivity contribution in [3.63, 3.8) is 0 Å². The predicted molar refractivity (Wildman–Crippen MR) is 233 cm³/mol. The molecule has 0 atom stereocenters. The van der Waals surface area contributed by atoms with E-state index < -0.39 is 13.5 Å². The Labute approximate surface area is 317 Å². The molecule has 0 fully saturated rings. The van der Waals surface area contributed by atoms with Crippen molar-refractivity contribution in [3.8, 4) is 22.3 Å². The molecular weight excluding hydrogens is 667 g/mol. The zero-order valence-electron chi connectivity index (χ0n) is 30.8. The largest absolute Gasteiger partial charge is 0.310 e. The standard InChI is InChI=1S/C52H39NSi/c1-54(2,3)36-30-27-34(28-31-36)53(35-29-32-41-39-17-5-4-15-37(39)38-16-6-7-18-40(38)45(41)33-35)50-26-14-25-49-51(50)44-21-10-13-24-48(44)52(49)46-22-11-8-19-42(46)43-20-9-12-23-47(43)52/h4-33H,1-3H3. The molecular formula is C52H39NSi. The Bertz CT molecular complexity index is 2900. The summed E-state index contributed by atoms with van der Waals surface area (Å²) >= 11 is 0. The van der Waals surface area contributed by atoms with Crippen LogP contribution in [0, 0.1) is 0 Å². The van der Waals surface area contributed by atoms with E-state index in [-0.39, 0.29) is 0 Å². The van der Waals surface area contributed by atoms with Crippen molar-refractivity contribution >= 4 is 62.6 Å². The Hall–Kier alpha value is -6.22. The first-order chi connectivity index (χ1) is 26.4. The molecule has 0 bridgehead atoms. The average Bonchev–Trinajstić information content (AvgIpc) is 3.69. The van der Waals surface area contributed by atoms with Crippen LogP contribution in [0.1, 0.15) is 22.3 Å². The van der Waals surface area contributed by atoms with Crippen molar-refractivity contribution in [2.75, 3.05) is 4.90 Å². The second-order valence-electron chi connectivity index (χ2n) is 16.0. The van der Waals surface area contributed by atoms with Crippen LogP contribution in [0.3, 0.4) is 0 Å². The number of benzene rings is 9. The smallest absolute Gasteiger partial charge is 0.0775 e. The summed E-state index contributed by atoms with van der Waals surface area (Å²) in [5.41, 5.74) is 13.8. The van der Waals surface area contributed by atoms with Gasteiger partial charge in [-0.2, -0.15) is 0 Å². The molecule has 1 spiro atoms. The van der Waals surface area contributed by atoms with Gasteiger partial charge in [-0.05, 0) is 102 Å². The maximum atomic E-state index is 2.53. The molecule has 256 valence electrons. The first kappa shape index (κ1) is 31.3. The molecule has 2 heteroatoms. The lowest BCUT2D eigenvalue weighted by Crippen LogP contribution is -2.37. The molecule has 2 aliphatic carbocycles. The number of rotatable bonds is 4. The van der Waals surface area contributed by atoms with Gasteiger partial charge in [-0.25, -0.2) is 0 Å². The van der Waals surface area contributed by atoms with Crippen molar-refractivity contribution in [3.05, 3.63) is 204 Å². The molecule has 0 aromatic heterocycles. The zero-order valence-corrected chi connectivity index (χ0v) is 31.8. The van der Waals surface area contributed by atoms with Crippen LogP contribution >= 0.6 is 0 Å². The van der Waals surface area contributed by atoms with Gasteiger partial charge in [0.25, 0.3) is 0 Å². The van der Waals surface area contributed by atoms with Crippen molar-refractivity contribution in [1.29, 1.82) is 0 Å². The van der Waals surface area contributed by atoms with E-state index >= 15 is 0 Å². The van der Waals surface area contributed by atoms with Gasteiger partial charge in [0.2, 0.25) is 0 Å². The zero-order chi connectivity index (χ0) is 36.2. The fourth-order valence-corrected chi connectivity index (χ4v) is 11.0. The molecule has 0 unspecified atom stereocenters. The van der Waals surface area contributed by atoms with E-state index in [1.165, 1.54) is 93.4 Å². The van der Waals surface area contributed by atoms with E-state index in [9.17, 15) is 0 Å². The van der Waals surface area contributed by atoms with E-state index in [1.54, 1.807) is 0 Å². The van der Waals surface area contributed by atoms with Crippen LogP contribution in [0.25, 0.3) is 54.6 Å². The van der Waals surface area contributed by atoms with Gasteiger partial charge in [-0.3, -0.25) is 0 Å². The number of nitrogens with zero attached hydrogens (tertiary/aromatic N) is 1. The summed E-state index contributed by atoms with van der Waals surface area (Å²) in [5, 5.41) is 9.18. The first-order valence-electron chi connectivity index (χ1n) is 19.1. The third kappa shape index (κ3) is 4.20. The van der Waals surface area contributed by atoms with Crippen LogP contribution in [0.2, 0.25) is 19.6 Å². The SMILES string of the molecule is C[Si](C)(C)c1ccc(N(c2ccc3c4ccccc4c4ccccc4c3c2)c2cccc3c2-c2ccccc2C32c3ccccc3-c3ccccc32)cc1. The summed E-state index contributed by atoms with van der Waals surface area (Å²) in [4.78, 5) is 2.53. The van der Waals surface area contributed by atoms with E-state index in [0.29, 0.717) is 0 Å². The Morgan fingerprint density at radius 3 is 1.39 bits per heavy atom. The second-order valence-corrected chi connectivity index (χ2v) is 21.1. The highest BCUT2D eigenvalue weighted by Crippen LogP contribution is 2.64. The number of hydrogen-bond acceptors (Lipinski definition) is 1. The summed E-state index contributed by atoms with van der Waals surface area (Å²) in [6.45, 7) is 7.28. The van der Waals surface area contributed by atoms with Crippen LogP contribution in [0.4, 0.5) is 17.1 Å². The molecule has 0 amide bonds. The van der Waals surface area contributed by atoms with E-state index in [4.69, 9.17) is 0 Å². The van der Waals surface area contributed by atoms with E-state index in [2.05, 4.69) is 207 Å². The molecule has 0 N–H and O–H groups in total. The second kappa shape index (κ2) is 11.4. The van der Waals surface area contributed by atoms with Gasteiger partial charge in [0, 0.05) is 16.9 Å². The lowest BCUT2D eigenvalue weighted by Gasteiger charge is -2.32. The highest BCUT2D eigenvalue weighted by molar-refractivity contribution is 6.88. The molecule has 1 nitrogen and oxygen atoms in total. The Morgan fingerprint density at radius 1 is 0.370 bits per heavy atom. The average molecular weight is 706 g/mol. The van der Waals surface area contributed by atoms with Gasteiger partial charge in [0.05, 0.1) is 19.2 Å². The third-order valence-corrected chi connectivity index (χ3v) is 14.3. The molecule has 0 aliphatic heterocycles. The lowest BCUT2D eigenvalue weighted by molar-refractivity contribution is 0.794. The van der Waals surface area contributed by atoms with Crippen LogP contribution < -0.4 is 10.1 Å². The normalized spacial score (nSPS) is 13.6. The predicted octanol–water partition coefficient (Wildman–Crippen LogP) is 13.5. The Morgan fingerprint density at radius 2 is 0.815 bits per heavy atom. The van der Waals surface area contributed by atoms with Crippen LogP contribution in [0.5, 0.6) is 0 Å². The van der Waals surface area contributed by atoms with Crippen LogP contribution in [-0.2, 0) is 5.41 Å². The minimum Gasteiger partial charge on any atom is -0.310 e. The van der Waals surface area contributed by atoms with Gasteiger partial charge >= 0.3 is 0 Å². The highest BCUT2D eigenvalue weighted by Gasteiger charge is 2.52. The summed E-state index contributed by atoms with van der Waals surface area (Å²) in [5.74, 6) is 0. The van der Waals surface area contributed by atoms with Crippen molar-refractivity contribution < 1.29 is 0 Å². The minimum absolute atomic E-state index is 0.402. The molecule has 2 aliphatic rings. The van der Waals surface area contributed by atoms with Gasteiger partial charge < -0.3 is 4.90 Å². The minimum atomic E-state index is -1.51. The summed E-state index contributed by atoms with van der Waals surface area (Å²) in [6, 6.07) is 68.7. The van der Waals surface area contributed by atoms with Crippen LogP contribution in [-0.4, -0.2) is 8.07 Å². The maximum Gasteiger partial charge on any atom is 0.0775 e. The molecule has 0 radical (unpaired) electrons. The maximum absolute atomic E-state index is 2.53. The molecule has 0 saturated carbocycles. The van der Waals surface area contributed by atoms with Gasteiger partial charge in [0.15, 0.2) is 0 Å². The van der Waals surface area contributed by atoms with Gasteiger partial charge in [-0.1, -0.05) is 176 Å². The van der Waals surface area contributed by atoms with E-state index in [0.717, 1.165) is 5.69 Å². The topological polar surface area (TPSA) is 3.24 Å². The number of anilines is 3. The fraction of sp³-hybridized carbons (Fsp3) is 0.0769. The van der Waals surface area contributed by atoms with Gasteiger partial charge in [-0.15, -0.1) is 0 Å². The molecule has 0 heterocycles. The Kier molecular flexibility index (Phi) is 6.60. The summed E-state index contributed by atoms with van der Waals surface area (Å²) in [6.07, 6.45) is 0. The van der Waals surface area contributed by atoms with Gasteiger partial charge in [0.1, 0.15) is 0 Å². The lowest BCUT2D eigenvalue weighted by atomic mass is 9.70. The van der Waals surface area contributed by atoms with Crippen molar-refractivity contribution in [1.82, 2.24) is 0 Å². The van der Waals surface area contributed by atoms with E-state index in [1.807, 2.05) is 0 Å². The monoisotopic (exact) mass is 705 g/mol. The number of fused-ring (bicyclic) bond motifs is 16. The van der Waals surface area contributed by atoms with Crippen molar-refractivity contribution in [2.45, 2.75) is 25.1 Å².